The first-order chi connectivity index (χ1) is 9.50. The zero-order chi connectivity index (χ0) is 14.7. The molecule has 1 unspecified atom stereocenters. The highest BCUT2D eigenvalue weighted by atomic mass is 35.5. The van der Waals surface area contributed by atoms with Gasteiger partial charge in [-0.1, -0.05) is 41.9 Å². The number of thiophene rings is 1. The second-order valence-electron chi connectivity index (χ2n) is 4.22. The number of nitrogens with one attached hydrogen (secondary N) is 1. The molecule has 0 spiro atoms. The third kappa shape index (κ3) is 3.00. The van der Waals surface area contributed by atoms with E-state index in [4.69, 9.17) is 11.6 Å². The van der Waals surface area contributed by atoms with E-state index in [0.29, 0.717) is 15.5 Å². The SMILES string of the molecule is Cc1csc(C(=O)NC(C(=O)O)c2ccccc2)c1Cl. The van der Waals surface area contributed by atoms with Crippen LogP contribution in [0.2, 0.25) is 5.02 Å². The molecule has 0 aliphatic carbocycles. The Labute approximate surface area is 125 Å². The van der Waals surface area contributed by atoms with E-state index in [1.165, 1.54) is 11.3 Å². The Balaban J connectivity index is 2.24. The molecule has 0 bridgehead atoms. The highest BCUT2D eigenvalue weighted by molar-refractivity contribution is 7.13. The maximum Gasteiger partial charge on any atom is 0.330 e. The number of carbonyl (C=O) groups is 2. The van der Waals surface area contributed by atoms with E-state index in [1.807, 2.05) is 0 Å². The summed E-state index contributed by atoms with van der Waals surface area (Å²) in [5.74, 6) is -1.60. The fourth-order valence-electron chi connectivity index (χ4n) is 1.71. The minimum absolute atomic E-state index is 0.325. The number of rotatable bonds is 4. The molecule has 6 heteroatoms. The van der Waals surface area contributed by atoms with Crippen molar-refractivity contribution in [2.24, 2.45) is 0 Å². The van der Waals surface area contributed by atoms with Crippen molar-refractivity contribution < 1.29 is 14.7 Å². The smallest absolute Gasteiger partial charge is 0.330 e. The summed E-state index contributed by atoms with van der Waals surface area (Å²) < 4.78 is 0. The van der Waals surface area contributed by atoms with Crippen LogP contribution >= 0.6 is 22.9 Å². The molecule has 1 atom stereocenters. The molecule has 0 fully saturated rings. The topological polar surface area (TPSA) is 66.4 Å². The van der Waals surface area contributed by atoms with E-state index < -0.39 is 17.9 Å². The van der Waals surface area contributed by atoms with Gasteiger partial charge in [-0.05, 0) is 23.4 Å². The molecule has 2 rings (SSSR count). The quantitative estimate of drug-likeness (QED) is 0.911. The zero-order valence-electron chi connectivity index (χ0n) is 10.6. The van der Waals surface area contributed by atoms with Gasteiger partial charge in [0.1, 0.15) is 4.88 Å². The molecule has 2 aromatic rings. The van der Waals surface area contributed by atoms with Crippen LogP contribution in [0.3, 0.4) is 0 Å². The number of amides is 1. The van der Waals surface area contributed by atoms with Crippen LogP contribution in [-0.2, 0) is 4.79 Å². The molecule has 2 N–H and O–H groups in total. The molecule has 0 radical (unpaired) electrons. The van der Waals surface area contributed by atoms with Gasteiger partial charge in [-0.3, -0.25) is 4.79 Å². The number of halogens is 1. The summed E-state index contributed by atoms with van der Waals surface area (Å²) in [5, 5.41) is 13.9. The molecule has 4 nitrogen and oxygen atoms in total. The van der Waals surface area contributed by atoms with Crippen molar-refractivity contribution in [1.82, 2.24) is 5.32 Å². The van der Waals surface area contributed by atoms with Gasteiger partial charge >= 0.3 is 5.97 Å². The number of hydrogen-bond acceptors (Lipinski definition) is 3. The van der Waals surface area contributed by atoms with Crippen molar-refractivity contribution in [2.45, 2.75) is 13.0 Å². The number of hydrogen-bond donors (Lipinski definition) is 2. The third-order valence-corrected chi connectivity index (χ3v) is 4.46. The maximum atomic E-state index is 12.1. The van der Waals surface area contributed by atoms with Gasteiger partial charge in [-0.2, -0.15) is 0 Å². The maximum absolute atomic E-state index is 12.1. The van der Waals surface area contributed by atoms with Gasteiger partial charge < -0.3 is 10.4 Å². The standard InChI is InChI=1S/C14H12ClNO3S/c1-8-7-20-12(10(8)15)13(17)16-11(14(18)19)9-5-3-2-4-6-9/h2-7,11H,1H3,(H,16,17)(H,18,19). The summed E-state index contributed by atoms with van der Waals surface area (Å²) in [6, 6.07) is 7.44. The van der Waals surface area contributed by atoms with Crippen LogP contribution in [-0.4, -0.2) is 17.0 Å². The number of aliphatic carboxylic acids is 1. The number of carboxylic acids is 1. The van der Waals surface area contributed by atoms with Crippen LogP contribution in [0.4, 0.5) is 0 Å². The lowest BCUT2D eigenvalue weighted by Crippen LogP contribution is -2.33. The Morgan fingerprint density at radius 2 is 1.95 bits per heavy atom. The Bertz CT molecular complexity index is 639. The summed E-state index contributed by atoms with van der Waals surface area (Å²) >= 11 is 7.21. The van der Waals surface area contributed by atoms with Crippen LogP contribution in [0.15, 0.2) is 35.7 Å². The highest BCUT2D eigenvalue weighted by Crippen LogP contribution is 2.27. The van der Waals surface area contributed by atoms with E-state index in [2.05, 4.69) is 5.32 Å². The van der Waals surface area contributed by atoms with Crippen LogP contribution in [0, 0.1) is 6.92 Å². The Hall–Kier alpha value is -1.85. The van der Waals surface area contributed by atoms with Crippen LogP contribution < -0.4 is 5.32 Å². The molecular weight excluding hydrogens is 298 g/mol. The molecule has 1 amide bonds. The predicted molar refractivity (Wildman–Crippen MR) is 78.4 cm³/mol. The molecular formula is C14H12ClNO3S. The second-order valence-corrected chi connectivity index (χ2v) is 5.47. The number of benzene rings is 1. The van der Waals surface area contributed by atoms with Gasteiger partial charge in [0.25, 0.3) is 5.91 Å². The zero-order valence-corrected chi connectivity index (χ0v) is 12.2. The molecule has 0 saturated heterocycles. The molecule has 1 heterocycles. The number of carbonyl (C=O) groups excluding carboxylic acids is 1. The summed E-state index contributed by atoms with van der Waals surface area (Å²) in [7, 11) is 0. The first kappa shape index (κ1) is 14.6. The molecule has 0 saturated carbocycles. The Morgan fingerprint density at radius 3 is 2.45 bits per heavy atom. The summed E-state index contributed by atoms with van der Waals surface area (Å²) in [6.07, 6.45) is 0. The first-order valence-electron chi connectivity index (χ1n) is 5.83. The van der Waals surface area contributed by atoms with E-state index in [0.717, 1.165) is 5.56 Å². The molecule has 1 aromatic heterocycles. The van der Waals surface area contributed by atoms with Crippen LogP contribution in [0.1, 0.15) is 26.8 Å². The molecule has 0 aliphatic rings. The van der Waals surface area contributed by atoms with Crippen molar-refractivity contribution in [2.75, 3.05) is 0 Å². The predicted octanol–water partition coefficient (Wildman–Crippen LogP) is 3.27. The van der Waals surface area contributed by atoms with Crippen molar-refractivity contribution in [3.05, 3.63) is 56.7 Å². The van der Waals surface area contributed by atoms with Gasteiger partial charge in [0.05, 0.1) is 5.02 Å². The first-order valence-corrected chi connectivity index (χ1v) is 7.08. The monoisotopic (exact) mass is 309 g/mol. The molecule has 104 valence electrons. The van der Waals surface area contributed by atoms with Gasteiger partial charge in [0, 0.05) is 0 Å². The van der Waals surface area contributed by atoms with Crippen molar-refractivity contribution in [1.29, 1.82) is 0 Å². The van der Waals surface area contributed by atoms with Crippen molar-refractivity contribution >= 4 is 34.8 Å². The Kier molecular flexibility index (Phi) is 4.42. The normalized spacial score (nSPS) is 11.9. The lowest BCUT2D eigenvalue weighted by Gasteiger charge is -2.14. The third-order valence-electron chi connectivity index (χ3n) is 2.76. The van der Waals surface area contributed by atoms with Gasteiger partial charge in [0.2, 0.25) is 0 Å². The van der Waals surface area contributed by atoms with Crippen LogP contribution in [0.25, 0.3) is 0 Å². The van der Waals surface area contributed by atoms with Crippen molar-refractivity contribution in [3.63, 3.8) is 0 Å². The van der Waals surface area contributed by atoms with E-state index in [1.54, 1.807) is 42.6 Å². The lowest BCUT2D eigenvalue weighted by atomic mass is 10.1. The van der Waals surface area contributed by atoms with Crippen molar-refractivity contribution in [3.8, 4) is 0 Å². The van der Waals surface area contributed by atoms with Gasteiger partial charge in [-0.25, -0.2) is 4.79 Å². The highest BCUT2D eigenvalue weighted by Gasteiger charge is 2.24. The summed E-state index contributed by atoms with van der Waals surface area (Å²) in [5.41, 5.74) is 1.31. The lowest BCUT2D eigenvalue weighted by molar-refractivity contribution is -0.139. The molecule has 1 aromatic carbocycles. The second kappa shape index (κ2) is 6.07. The van der Waals surface area contributed by atoms with E-state index in [-0.39, 0.29) is 0 Å². The fourth-order valence-corrected chi connectivity index (χ4v) is 2.89. The molecule has 0 aliphatic heterocycles. The molecule has 20 heavy (non-hydrogen) atoms. The summed E-state index contributed by atoms with van der Waals surface area (Å²) in [4.78, 5) is 23.8. The average molecular weight is 310 g/mol. The van der Waals surface area contributed by atoms with E-state index >= 15 is 0 Å². The van der Waals surface area contributed by atoms with E-state index in [9.17, 15) is 14.7 Å². The number of aryl methyl sites for hydroxylation is 1. The fraction of sp³-hybridized carbons (Fsp3) is 0.143. The number of carboxylic acid groups (broad SMARTS) is 1. The minimum atomic E-state index is -1.12. The average Bonchev–Trinajstić information content (AvgIpc) is 2.77. The Morgan fingerprint density at radius 1 is 1.30 bits per heavy atom. The minimum Gasteiger partial charge on any atom is -0.479 e. The van der Waals surface area contributed by atoms with Gasteiger partial charge in [-0.15, -0.1) is 11.3 Å². The summed E-state index contributed by atoms with van der Waals surface area (Å²) in [6.45, 7) is 1.79. The largest absolute Gasteiger partial charge is 0.479 e. The van der Waals surface area contributed by atoms with Gasteiger partial charge in [0.15, 0.2) is 6.04 Å². The van der Waals surface area contributed by atoms with Crippen LogP contribution in [0.5, 0.6) is 0 Å².